The molecule has 3 N–H and O–H groups in total. The van der Waals surface area contributed by atoms with E-state index in [1.807, 2.05) is 32.5 Å². The molecule has 0 aromatic carbocycles. The molecule has 2 saturated heterocycles. The summed E-state index contributed by atoms with van der Waals surface area (Å²) in [6.07, 6.45) is 0.770. The second-order valence-corrected chi connectivity index (χ2v) is 9.28. The average molecular weight is 416 g/mol. The molecule has 2 aliphatic heterocycles. The highest BCUT2D eigenvalue weighted by molar-refractivity contribution is 7.99. The van der Waals surface area contributed by atoms with Crippen LogP contribution in [-0.4, -0.2) is 92.1 Å². The molecule has 0 bridgehead atoms. The van der Waals surface area contributed by atoms with Crippen LogP contribution in [-0.2, 0) is 9.47 Å². The van der Waals surface area contributed by atoms with Crippen molar-refractivity contribution in [2.24, 2.45) is 4.99 Å². The van der Waals surface area contributed by atoms with E-state index in [9.17, 15) is 4.79 Å². The van der Waals surface area contributed by atoms with Gasteiger partial charge in [0.25, 0.3) is 0 Å². The number of hydrogen-bond acceptors (Lipinski definition) is 6. The van der Waals surface area contributed by atoms with Crippen molar-refractivity contribution in [1.29, 1.82) is 0 Å². The number of aliphatic imine (C=N–C) groups is 1. The number of amides is 1. The Morgan fingerprint density at radius 2 is 1.93 bits per heavy atom. The molecular weight excluding hydrogens is 378 g/mol. The second-order valence-electron chi connectivity index (χ2n) is 8.18. The van der Waals surface area contributed by atoms with Gasteiger partial charge in [-0.05, 0) is 39.9 Å². The van der Waals surface area contributed by atoms with Gasteiger partial charge in [-0.15, -0.1) is 0 Å². The standard InChI is InChI=1S/C19H37N5O3S/c1-5-20-16(21-7-8-22-17(25)27-18(2,3)4)23-14-19(6-13-28-15-19)24-9-11-26-12-10-24/h5-15H2,1-4H3,(H,22,25)(H2,20,21,23). The Morgan fingerprint density at radius 1 is 1.21 bits per heavy atom. The third-order valence-corrected chi connectivity index (χ3v) is 5.96. The zero-order chi connectivity index (χ0) is 20.5. The predicted molar refractivity (Wildman–Crippen MR) is 115 cm³/mol. The van der Waals surface area contributed by atoms with Gasteiger partial charge in [0.1, 0.15) is 5.60 Å². The smallest absolute Gasteiger partial charge is 0.407 e. The van der Waals surface area contributed by atoms with Gasteiger partial charge in [0, 0.05) is 38.5 Å². The van der Waals surface area contributed by atoms with Crippen molar-refractivity contribution < 1.29 is 14.3 Å². The summed E-state index contributed by atoms with van der Waals surface area (Å²) in [5, 5.41) is 9.36. The Hall–Kier alpha value is -1.19. The van der Waals surface area contributed by atoms with E-state index in [0.717, 1.165) is 51.1 Å². The molecule has 0 saturated carbocycles. The lowest BCUT2D eigenvalue weighted by atomic mass is 9.96. The van der Waals surface area contributed by atoms with Crippen LogP contribution in [0.3, 0.4) is 0 Å². The molecule has 2 rings (SSSR count). The van der Waals surface area contributed by atoms with Gasteiger partial charge in [0.2, 0.25) is 0 Å². The van der Waals surface area contributed by atoms with Crippen molar-refractivity contribution in [2.75, 3.05) is 64.0 Å². The van der Waals surface area contributed by atoms with Crippen LogP contribution in [0.15, 0.2) is 4.99 Å². The number of hydrogen-bond donors (Lipinski definition) is 3. The fourth-order valence-corrected chi connectivity index (χ4v) is 4.80. The van der Waals surface area contributed by atoms with E-state index in [4.69, 9.17) is 14.5 Å². The lowest BCUT2D eigenvalue weighted by Crippen LogP contribution is -2.56. The van der Waals surface area contributed by atoms with Crippen LogP contribution in [0.4, 0.5) is 4.79 Å². The van der Waals surface area contributed by atoms with E-state index in [-0.39, 0.29) is 5.54 Å². The summed E-state index contributed by atoms with van der Waals surface area (Å²) in [5.74, 6) is 3.10. The second kappa shape index (κ2) is 11.1. The molecule has 1 amide bonds. The summed E-state index contributed by atoms with van der Waals surface area (Å²) in [7, 11) is 0. The van der Waals surface area contributed by atoms with Crippen molar-refractivity contribution in [3.63, 3.8) is 0 Å². The first kappa shape index (κ1) is 23.1. The SMILES string of the molecule is CCNC(=NCC1(N2CCOCC2)CCSC1)NCCNC(=O)OC(C)(C)C. The molecule has 0 aromatic rings. The van der Waals surface area contributed by atoms with Gasteiger partial charge in [0.15, 0.2) is 5.96 Å². The average Bonchev–Trinajstić information content (AvgIpc) is 3.12. The number of thioether (sulfide) groups is 1. The number of guanidine groups is 1. The van der Waals surface area contributed by atoms with Crippen LogP contribution in [0.5, 0.6) is 0 Å². The summed E-state index contributed by atoms with van der Waals surface area (Å²) in [6.45, 7) is 13.8. The zero-order valence-corrected chi connectivity index (χ0v) is 18.6. The molecule has 2 heterocycles. The molecular formula is C19H37N5O3S. The first-order chi connectivity index (χ1) is 13.3. The summed E-state index contributed by atoms with van der Waals surface area (Å²) < 4.78 is 10.8. The third kappa shape index (κ3) is 7.67. The number of nitrogens with zero attached hydrogens (tertiary/aromatic N) is 2. The van der Waals surface area contributed by atoms with Gasteiger partial charge in [0.05, 0.1) is 25.3 Å². The maximum Gasteiger partial charge on any atom is 0.407 e. The highest BCUT2D eigenvalue weighted by atomic mass is 32.2. The predicted octanol–water partition coefficient (Wildman–Crippen LogP) is 1.27. The lowest BCUT2D eigenvalue weighted by molar-refractivity contribution is -0.0104. The number of carbonyl (C=O) groups excluding carboxylic acids is 1. The van der Waals surface area contributed by atoms with Crippen LogP contribution in [0, 0.1) is 0 Å². The molecule has 162 valence electrons. The third-order valence-electron chi connectivity index (χ3n) is 4.73. The number of rotatable bonds is 7. The molecule has 0 aliphatic carbocycles. The molecule has 8 nitrogen and oxygen atoms in total. The van der Waals surface area contributed by atoms with Crippen LogP contribution in [0.1, 0.15) is 34.1 Å². The first-order valence-electron chi connectivity index (χ1n) is 10.2. The Labute approximate surface area is 173 Å². The number of ether oxygens (including phenoxy) is 2. The molecule has 28 heavy (non-hydrogen) atoms. The lowest BCUT2D eigenvalue weighted by Gasteiger charge is -2.42. The van der Waals surface area contributed by atoms with Gasteiger partial charge < -0.3 is 25.4 Å². The Kier molecular flexibility index (Phi) is 9.17. The molecule has 9 heteroatoms. The highest BCUT2D eigenvalue weighted by Crippen LogP contribution is 2.34. The molecule has 1 unspecified atom stereocenters. The van der Waals surface area contributed by atoms with E-state index in [1.54, 1.807) is 0 Å². The largest absolute Gasteiger partial charge is 0.444 e. The number of carbonyl (C=O) groups is 1. The topological polar surface area (TPSA) is 87.2 Å². The quantitative estimate of drug-likeness (QED) is 0.328. The molecule has 0 aromatic heterocycles. The monoisotopic (exact) mass is 415 g/mol. The van der Waals surface area contributed by atoms with Crippen molar-refractivity contribution in [2.45, 2.75) is 45.3 Å². The zero-order valence-electron chi connectivity index (χ0n) is 17.8. The van der Waals surface area contributed by atoms with Gasteiger partial charge in [-0.25, -0.2) is 4.79 Å². The summed E-state index contributed by atoms with van der Waals surface area (Å²) in [6, 6.07) is 0. The van der Waals surface area contributed by atoms with Crippen LogP contribution >= 0.6 is 11.8 Å². The number of nitrogens with one attached hydrogen (secondary N) is 3. The van der Waals surface area contributed by atoms with Crippen LogP contribution < -0.4 is 16.0 Å². The van der Waals surface area contributed by atoms with Crippen molar-refractivity contribution in [3.05, 3.63) is 0 Å². The maximum atomic E-state index is 11.7. The molecule has 1 atom stereocenters. The normalized spacial score (nSPS) is 24.1. The van der Waals surface area contributed by atoms with E-state index in [2.05, 4.69) is 27.8 Å². The summed E-state index contributed by atoms with van der Waals surface area (Å²) >= 11 is 2.01. The summed E-state index contributed by atoms with van der Waals surface area (Å²) in [5.41, 5.74) is -0.355. The van der Waals surface area contributed by atoms with Crippen LogP contribution in [0.2, 0.25) is 0 Å². The van der Waals surface area contributed by atoms with Crippen molar-refractivity contribution in [3.8, 4) is 0 Å². The van der Waals surface area contributed by atoms with Crippen molar-refractivity contribution >= 4 is 23.8 Å². The molecule has 2 aliphatic rings. The van der Waals surface area contributed by atoms with Gasteiger partial charge in [-0.3, -0.25) is 9.89 Å². The van der Waals surface area contributed by atoms with E-state index >= 15 is 0 Å². The minimum atomic E-state index is -0.485. The van der Waals surface area contributed by atoms with Crippen molar-refractivity contribution in [1.82, 2.24) is 20.9 Å². The molecule has 0 spiro atoms. The first-order valence-corrected chi connectivity index (χ1v) is 11.4. The van der Waals surface area contributed by atoms with Gasteiger partial charge in [-0.2, -0.15) is 11.8 Å². The molecule has 0 radical (unpaired) electrons. The highest BCUT2D eigenvalue weighted by Gasteiger charge is 2.40. The fraction of sp³-hybridized carbons (Fsp3) is 0.895. The van der Waals surface area contributed by atoms with Crippen LogP contribution in [0.25, 0.3) is 0 Å². The maximum absolute atomic E-state index is 11.7. The Morgan fingerprint density at radius 3 is 2.54 bits per heavy atom. The minimum Gasteiger partial charge on any atom is -0.444 e. The Bertz CT molecular complexity index is 512. The fourth-order valence-electron chi connectivity index (χ4n) is 3.34. The van der Waals surface area contributed by atoms with E-state index in [0.29, 0.717) is 13.1 Å². The molecule has 2 fully saturated rings. The Balaban J connectivity index is 1.84. The van der Waals surface area contributed by atoms with Gasteiger partial charge in [-0.1, -0.05) is 0 Å². The van der Waals surface area contributed by atoms with E-state index < -0.39 is 11.7 Å². The minimum absolute atomic E-state index is 0.131. The van der Waals surface area contributed by atoms with E-state index in [1.165, 1.54) is 12.2 Å². The van der Waals surface area contributed by atoms with Gasteiger partial charge >= 0.3 is 6.09 Å². The number of alkyl carbamates (subject to hydrolysis) is 1. The number of morpholine rings is 1. The summed E-state index contributed by atoms with van der Waals surface area (Å²) in [4.78, 5) is 19.2.